The maximum absolute atomic E-state index is 12.7. The third-order valence-electron chi connectivity index (χ3n) is 5.26. The van der Waals surface area contributed by atoms with Gasteiger partial charge in [-0.25, -0.2) is 5.84 Å². The van der Waals surface area contributed by atoms with Crippen LogP contribution in [-0.4, -0.2) is 45.5 Å². The normalized spacial score (nSPS) is 11.5. The van der Waals surface area contributed by atoms with Crippen molar-refractivity contribution in [1.29, 1.82) is 0 Å². The highest BCUT2D eigenvalue weighted by molar-refractivity contribution is 5.86. The van der Waals surface area contributed by atoms with Crippen LogP contribution in [0.25, 0.3) is 0 Å². The Morgan fingerprint density at radius 3 is 1.67 bits per heavy atom. The summed E-state index contributed by atoms with van der Waals surface area (Å²) in [6, 6.07) is 6.42. The third-order valence-corrected chi connectivity index (χ3v) is 5.26. The van der Waals surface area contributed by atoms with Crippen LogP contribution < -0.4 is 15.9 Å². The number of phenols is 3. The van der Waals surface area contributed by atoms with Crippen LogP contribution >= 0.6 is 0 Å². The van der Waals surface area contributed by atoms with Crippen molar-refractivity contribution in [3.05, 3.63) is 85.4 Å². The molecule has 0 aliphatic carbocycles. The van der Waals surface area contributed by atoms with Crippen LogP contribution in [0.1, 0.15) is 16.7 Å². The molecule has 3 rings (SSSR count). The fourth-order valence-corrected chi connectivity index (χ4v) is 3.16. The quantitative estimate of drug-likeness (QED) is 0.0731. The number of hydrazone groups is 1. The molecule has 0 aromatic heterocycles. The Morgan fingerprint density at radius 1 is 0.786 bits per heavy atom. The predicted octanol–water partition coefficient (Wildman–Crippen LogP) is 5.12. The van der Waals surface area contributed by atoms with Gasteiger partial charge in [-0.3, -0.25) is 25.2 Å². The summed E-state index contributed by atoms with van der Waals surface area (Å²) >= 11 is 0. The van der Waals surface area contributed by atoms with Crippen LogP contribution in [0.5, 0.6) is 17.2 Å². The molecule has 0 aliphatic heterocycles. The zero-order valence-corrected chi connectivity index (χ0v) is 21.3. The second kappa shape index (κ2) is 12.5. The van der Waals surface area contributed by atoms with Gasteiger partial charge in [-0.2, -0.15) is 31.4 Å². The summed E-state index contributed by atoms with van der Waals surface area (Å²) in [4.78, 5) is 19.8. The Hall–Kier alpha value is -5.33. The average Bonchev–Trinajstić information content (AvgIpc) is 2.89. The van der Waals surface area contributed by atoms with Crippen molar-refractivity contribution in [1.82, 2.24) is 0 Å². The topological polar surface area (TPSA) is 192 Å². The fourth-order valence-electron chi connectivity index (χ4n) is 3.16. The summed E-state index contributed by atoms with van der Waals surface area (Å²) in [6.45, 7) is 0. The molecule has 0 bridgehead atoms. The molecule has 0 aliphatic rings. The largest absolute Gasteiger partial charge is 0.504 e. The number of phenolic OH excluding ortho intramolecular Hbond substituents is 3. The molecule has 5 N–H and O–H groups in total. The van der Waals surface area contributed by atoms with Gasteiger partial charge in [0.05, 0.1) is 27.2 Å². The fraction of sp³-hybridized carbons (Fsp3) is 0.174. The smallest absolute Gasteiger partial charge is 0.416 e. The first-order valence-electron chi connectivity index (χ1n) is 11.0. The number of aromatic hydroxyl groups is 3. The van der Waals surface area contributed by atoms with Gasteiger partial charge in [0.1, 0.15) is 11.4 Å². The summed E-state index contributed by atoms with van der Waals surface area (Å²) in [5, 5.41) is 55.6. The molecule has 13 nitrogen and oxygen atoms in total. The molecule has 0 heterocycles. The number of nitro groups is 2. The lowest BCUT2D eigenvalue weighted by molar-refractivity contribution is -0.384. The van der Waals surface area contributed by atoms with E-state index in [9.17, 15) is 61.9 Å². The zero-order valence-electron chi connectivity index (χ0n) is 21.3. The van der Waals surface area contributed by atoms with Gasteiger partial charge in [-0.05, 0) is 36.4 Å². The number of nitrogens with zero attached hydrogens (tertiary/aromatic N) is 5. The number of nitro benzene ring substituents is 2. The lowest BCUT2D eigenvalue weighted by Gasteiger charge is -2.15. The predicted molar refractivity (Wildman–Crippen MR) is 136 cm³/mol. The first-order valence-corrected chi connectivity index (χ1v) is 11.0. The average molecular weight is 606 g/mol. The summed E-state index contributed by atoms with van der Waals surface area (Å²) < 4.78 is 75.0. The van der Waals surface area contributed by atoms with E-state index in [1.54, 1.807) is 0 Å². The zero-order chi connectivity index (χ0) is 32.2. The Labute approximate surface area is 231 Å². The number of hydrogen-bond donors (Lipinski definition) is 4. The second-order valence-electron chi connectivity index (χ2n) is 8.17. The molecule has 0 fully saturated rings. The monoisotopic (exact) mass is 606 g/mol. The molecule has 3 aromatic carbocycles. The highest BCUT2D eigenvalue weighted by atomic mass is 19.4. The lowest BCUT2D eigenvalue weighted by Crippen LogP contribution is -2.26. The Kier molecular flexibility index (Phi) is 9.75. The van der Waals surface area contributed by atoms with Crippen LogP contribution in [0.3, 0.4) is 0 Å². The molecule has 0 saturated heterocycles. The van der Waals surface area contributed by atoms with Crippen LogP contribution in [0.15, 0.2) is 53.6 Å². The number of hydrogen-bond acceptors (Lipinski definition) is 11. The van der Waals surface area contributed by atoms with Gasteiger partial charge in [-0.1, -0.05) is 0 Å². The SMILES string of the molecule is CN(/N=C/c1ccc(O)c(O)c1O)c1ccc(C(F)(F)F)cc1[N+](=O)[O-].CN(N)c1ccc(C(F)(F)F)cc1[N+](=O)[O-]. The van der Waals surface area contributed by atoms with E-state index >= 15 is 0 Å². The van der Waals surface area contributed by atoms with Crippen LogP contribution in [0, 0.1) is 20.2 Å². The van der Waals surface area contributed by atoms with Gasteiger partial charge < -0.3 is 20.3 Å². The molecule has 42 heavy (non-hydrogen) atoms. The minimum atomic E-state index is -4.74. The number of rotatable bonds is 6. The van der Waals surface area contributed by atoms with E-state index in [1.165, 1.54) is 20.2 Å². The Bertz CT molecular complexity index is 1510. The van der Waals surface area contributed by atoms with E-state index in [0.29, 0.717) is 18.2 Å². The van der Waals surface area contributed by atoms with E-state index in [1.807, 2.05) is 0 Å². The van der Waals surface area contributed by atoms with Crippen molar-refractivity contribution in [3.8, 4) is 17.2 Å². The van der Waals surface area contributed by atoms with Gasteiger partial charge in [0, 0.05) is 31.8 Å². The summed E-state index contributed by atoms with van der Waals surface area (Å²) in [5.41, 5.74) is -4.07. The lowest BCUT2D eigenvalue weighted by atomic mass is 10.1. The molecular weight excluding hydrogens is 586 g/mol. The minimum Gasteiger partial charge on any atom is -0.504 e. The van der Waals surface area contributed by atoms with Gasteiger partial charge >= 0.3 is 12.4 Å². The van der Waals surface area contributed by atoms with Crippen molar-refractivity contribution >= 4 is 29.0 Å². The third kappa shape index (κ3) is 7.87. The summed E-state index contributed by atoms with van der Waals surface area (Å²) in [5.74, 6) is 3.24. The Balaban J connectivity index is 0.000000330. The highest BCUT2D eigenvalue weighted by Gasteiger charge is 2.34. The van der Waals surface area contributed by atoms with Crippen molar-refractivity contribution < 1.29 is 51.5 Å². The minimum absolute atomic E-state index is 0.0262. The maximum Gasteiger partial charge on any atom is 0.416 e. The van der Waals surface area contributed by atoms with Crippen LogP contribution in [0.2, 0.25) is 0 Å². The van der Waals surface area contributed by atoms with Gasteiger partial charge in [-0.15, -0.1) is 0 Å². The van der Waals surface area contributed by atoms with Crippen molar-refractivity contribution in [2.75, 3.05) is 24.1 Å². The maximum atomic E-state index is 12.7. The molecule has 0 saturated carbocycles. The molecule has 19 heteroatoms. The molecule has 0 atom stereocenters. The van der Waals surface area contributed by atoms with E-state index in [4.69, 9.17) is 5.84 Å². The van der Waals surface area contributed by atoms with E-state index < -0.39 is 61.9 Å². The van der Waals surface area contributed by atoms with Crippen LogP contribution in [-0.2, 0) is 12.4 Å². The Morgan fingerprint density at radius 2 is 1.24 bits per heavy atom. The van der Waals surface area contributed by atoms with E-state index in [0.717, 1.165) is 40.5 Å². The van der Waals surface area contributed by atoms with Crippen molar-refractivity contribution in [3.63, 3.8) is 0 Å². The van der Waals surface area contributed by atoms with Gasteiger partial charge in [0.15, 0.2) is 11.5 Å². The number of alkyl halides is 6. The standard InChI is InChI=1S/C15H12F3N3O5.C8H8F3N3O2/c1-20(19-7-8-2-5-12(22)14(24)13(8)23)10-4-3-9(15(16,17)18)6-11(10)21(25)26;1-13(12)6-3-2-5(8(9,10)11)4-7(6)14(15)16/h2-7,22-24H,1H3;2-4H,12H2,1H3/b19-7+;. The molecule has 0 radical (unpaired) electrons. The van der Waals surface area contributed by atoms with Crippen molar-refractivity contribution in [2.45, 2.75) is 12.4 Å². The van der Waals surface area contributed by atoms with Gasteiger partial charge in [0.25, 0.3) is 11.4 Å². The molecule has 226 valence electrons. The molecule has 3 aromatic rings. The molecular formula is C23H20F6N6O7. The summed E-state index contributed by atoms with van der Waals surface area (Å²) in [6.07, 6.45) is -8.34. The second-order valence-corrected chi connectivity index (χ2v) is 8.17. The van der Waals surface area contributed by atoms with E-state index in [-0.39, 0.29) is 16.9 Å². The number of anilines is 2. The van der Waals surface area contributed by atoms with E-state index in [2.05, 4.69) is 5.10 Å². The molecule has 0 spiro atoms. The molecule has 0 amide bonds. The number of hydrazine groups is 1. The first-order chi connectivity index (χ1) is 19.2. The number of halogens is 6. The number of benzene rings is 3. The van der Waals surface area contributed by atoms with Crippen LogP contribution in [0.4, 0.5) is 49.1 Å². The van der Waals surface area contributed by atoms with Crippen molar-refractivity contribution in [2.24, 2.45) is 10.9 Å². The number of nitrogens with two attached hydrogens (primary N) is 1. The summed E-state index contributed by atoms with van der Waals surface area (Å²) in [7, 11) is 2.55. The first kappa shape index (κ1) is 32.9. The molecule has 0 unspecified atom stereocenters. The highest BCUT2D eigenvalue weighted by Crippen LogP contribution is 2.38. The van der Waals surface area contributed by atoms with Gasteiger partial charge in [0.2, 0.25) is 5.75 Å².